The first-order valence-electron chi connectivity index (χ1n) is 8.74. The lowest BCUT2D eigenvalue weighted by atomic mass is 9.84. The van der Waals surface area contributed by atoms with Crippen molar-refractivity contribution in [2.75, 3.05) is 14.2 Å². The van der Waals surface area contributed by atoms with Gasteiger partial charge < -0.3 is 20.5 Å². The first kappa shape index (κ1) is 17.1. The second-order valence-electron chi connectivity index (χ2n) is 7.23. The van der Waals surface area contributed by atoms with Crippen LogP contribution >= 0.6 is 0 Å². The van der Waals surface area contributed by atoms with E-state index in [1.54, 1.807) is 14.2 Å². The van der Waals surface area contributed by atoms with Crippen LogP contribution in [0, 0.1) is 24.7 Å². The van der Waals surface area contributed by atoms with Gasteiger partial charge in [-0.25, -0.2) is 0 Å². The summed E-state index contributed by atoms with van der Waals surface area (Å²) >= 11 is 0. The third-order valence-corrected chi connectivity index (χ3v) is 5.88. The molecular weight excluding hydrogens is 304 g/mol. The zero-order chi connectivity index (χ0) is 17.4. The minimum Gasteiger partial charge on any atom is -0.493 e. The van der Waals surface area contributed by atoms with E-state index in [1.165, 1.54) is 6.42 Å². The Hall–Kier alpha value is -1.75. The van der Waals surface area contributed by atoms with Gasteiger partial charge in [-0.1, -0.05) is 0 Å². The second-order valence-corrected chi connectivity index (χ2v) is 7.23. The maximum atomic E-state index is 12.8. The average molecular weight is 332 g/mol. The molecule has 0 heterocycles. The number of fused-ring (bicyclic) bond motifs is 2. The Morgan fingerprint density at radius 2 is 1.83 bits per heavy atom. The number of ether oxygens (including phenoxy) is 2. The fraction of sp³-hybridized carbons (Fsp3) is 0.632. The highest BCUT2D eigenvalue weighted by molar-refractivity contribution is 5.81. The van der Waals surface area contributed by atoms with Crippen LogP contribution in [0.4, 0.5) is 0 Å². The van der Waals surface area contributed by atoms with Crippen molar-refractivity contribution in [2.24, 2.45) is 23.5 Å². The third-order valence-electron chi connectivity index (χ3n) is 5.88. The molecule has 24 heavy (non-hydrogen) atoms. The second kappa shape index (κ2) is 6.63. The van der Waals surface area contributed by atoms with Crippen LogP contribution in [-0.4, -0.2) is 26.2 Å². The number of nitrogens with one attached hydrogen (secondary N) is 1. The molecular formula is C19H28N2O3. The van der Waals surface area contributed by atoms with E-state index in [2.05, 4.69) is 5.32 Å². The summed E-state index contributed by atoms with van der Waals surface area (Å²) in [5, 5.41) is 3.17. The first-order valence-corrected chi connectivity index (χ1v) is 8.74. The molecule has 0 spiro atoms. The van der Waals surface area contributed by atoms with E-state index < -0.39 is 0 Å². The molecule has 5 nitrogen and oxygen atoms in total. The summed E-state index contributed by atoms with van der Waals surface area (Å²) < 4.78 is 10.7. The summed E-state index contributed by atoms with van der Waals surface area (Å²) in [7, 11) is 3.24. The summed E-state index contributed by atoms with van der Waals surface area (Å²) in [6.07, 6.45) is 3.43. The highest BCUT2D eigenvalue weighted by atomic mass is 16.5. The Morgan fingerprint density at radius 1 is 1.21 bits per heavy atom. The van der Waals surface area contributed by atoms with Crippen molar-refractivity contribution in [1.29, 1.82) is 0 Å². The number of carbonyl (C=O) groups is 1. The lowest BCUT2D eigenvalue weighted by Crippen LogP contribution is -2.45. The molecule has 1 aromatic rings. The molecule has 5 atom stereocenters. The molecule has 132 valence electrons. The van der Waals surface area contributed by atoms with Crippen molar-refractivity contribution in [2.45, 2.75) is 45.2 Å². The molecule has 0 aromatic heterocycles. The standard InChI is InChI=1S/C19H28N2O3/c1-10-7-15(23-3)16(24-4)9-14(10)11(2)21-19(22)17-12-5-6-13(8-12)18(17)20/h7,9,11-13,17-18H,5-6,8,20H2,1-4H3,(H,21,22). The van der Waals surface area contributed by atoms with Gasteiger partial charge in [-0.2, -0.15) is 0 Å². The fourth-order valence-electron chi connectivity index (χ4n) is 4.58. The largest absolute Gasteiger partial charge is 0.493 e. The molecule has 2 fully saturated rings. The van der Waals surface area contributed by atoms with E-state index in [-0.39, 0.29) is 23.9 Å². The summed E-state index contributed by atoms with van der Waals surface area (Å²) in [5.41, 5.74) is 8.40. The molecule has 0 saturated heterocycles. The van der Waals surface area contributed by atoms with Gasteiger partial charge in [-0.15, -0.1) is 0 Å². The van der Waals surface area contributed by atoms with Crippen molar-refractivity contribution >= 4 is 5.91 Å². The van der Waals surface area contributed by atoms with Crippen molar-refractivity contribution in [3.63, 3.8) is 0 Å². The van der Waals surface area contributed by atoms with Gasteiger partial charge in [0.15, 0.2) is 11.5 Å². The van der Waals surface area contributed by atoms with Crippen LogP contribution in [0.3, 0.4) is 0 Å². The van der Waals surface area contributed by atoms with E-state index in [0.29, 0.717) is 23.3 Å². The van der Waals surface area contributed by atoms with Gasteiger partial charge in [0, 0.05) is 6.04 Å². The smallest absolute Gasteiger partial charge is 0.225 e. The van der Waals surface area contributed by atoms with Gasteiger partial charge in [0.1, 0.15) is 0 Å². The highest BCUT2D eigenvalue weighted by Gasteiger charge is 2.49. The normalized spacial score (nSPS) is 29.4. The number of methoxy groups -OCH3 is 2. The molecule has 0 radical (unpaired) electrons. The summed E-state index contributed by atoms with van der Waals surface area (Å²) in [4.78, 5) is 12.8. The van der Waals surface area contributed by atoms with Crippen molar-refractivity contribution < 1.29 is 14.3 Å². The number of hydrogen-bond acceptors (Lipinski definition) is 4. The van der Waals surface area contributed by atoms with E-state index in [0.717, 1.165) is 24.0 Å². The van der Waals surface area contributed by atoms with Crippen LogP contribution in [0.5, 0.6) is 11.5 Å². The van der Waals surface area contributed by atoms with Gasteiger partial charge in [-0.3, -0.25) is 4.79 Å². The number of rotatable bonds is 5. The maximum absolute atomic E-state index is 12.8. The fourth-order valence-corrected chi connectivity index (χ4v) is 4.58. The Balaban J connectivity index is 1.75. The minimum atomic E-state index is -0.0939. The quantitative estimate of drug-likeness (QED) is 0.869. The maximum Gasteiger partial charge on any atom is 0.225 e. The minimum absolute atomic E-state index is 0.0162. The predicted molar refractivity (Wildman–Crippen MR) is 93.1 cm³/mol. The SMILES string of the molecule is COc1cc(C)c(C(C)NC(=O)C2C3CCC(C3)C2N)cc1OC. The van der Waals surface area contributed by atoms with Crippen LogP contribution < -0.4 is 20.5 Å². The lowest BCUT2D eigenvalue weighted by Gasteiger charge is -2.29. The predicted octanol–water partition coefficient (Wildman–Crippen LogP) is 2.56. The van der Waals surface area contributed by atoms with Gasteiger partial charge >= 0.3 is 0 Å². The topological polar surface area (TPSA) is 73.6 Å². The number of benzene rings is 1. The average Bonchev–Trinajstić information content (AvgIpc) is 3.15. The summed E-state index contributed by atoms with van der Waals surface area (Å²) in [6, 6.07) is 3.81. The van der Waals surface area contributed by atoms with Crippen molar-refractivity contribution in [1.82, 2.24) is 5.32 Å². The zero-order valence-corrected chi connectivity index (χ0v) is 15.0. The molecule has 2 saturated carbocycles. The molecule has 5 heteroatoms. The van der Waals surface area contributed by atoms with E-state index in [9.17, 15) is 4.79 Å². The molecule has 3 N–H and O–H groups in total. The highest BCUT2D eigenvalue weighted by Crippen LogP contribution is 2.47. The number of hydrogen-bond donors (Lipinski definition) is 2. The molecule has 3 rings (SSSR count). The Bertz CT molecular complexity index is 629. The molecule has 2 aliphatic carbocycles. The monoisotopic (exact) mass is 332 g/mol. The van der Waals surface area contributed by atoms with Gasteiger partial charge in [-0.05, 0) is 68.2 Å². The van der Waals surface area contributed by atoms with Crippen LogP contribution in [-0.2, 0) is 4.79 Å². The molecule has 2 aliphatic rings. The number of aryl methyl sites for hydroxylation is 1. The molecule has 1 amide bonds. The van der Waals surface area contributed by atoms with Crippen molar-refractivity contribution in [3.8, 4) is 11.5 Å². The van der Waals surface area contributed by atoms with E-state index >= 15 is 0 Å². The number of amides is 1. The molecule has 0 aliphatic heterocycles. The Labute approximate surface area is 143 Å². The van der Waals surface area contributed by atoms with E-state index in [1.807, 2.05) is 26.0 Å². The number of carbonyl (C=O) groups excluding carboxylic acids is 1. The van der Waals surface area contributed by atoms with E-state index in [4.69, 9.17) is 15.2 Å². The molecule has 2 bridgehead atoms. The summed E-state index contributed by atoms with van der Waals surface area (Å²) in [6.45, 7) is 4.02. The Morgan fingerprint density at radius 3 is 2.42 bits per heavy atom. The van der Waals surface area contributed by atoms with Crippen molar-refractivity contribution in [3.05, 3.63) is 23.3 Å². The number of nitrogens with two attached hydrogens (primary N) is 1. The first-order chi connectivity index (χ1) is 11.5. The van der Waals surface area contributed by atoms with Gasteiger partial charge in [0.05, 0.1) is 26.2 Å². The molecule has 1 aromatic carbocycles. The molecule has 5 unspecified atom stereocenters. The van der Waals surface area contributed by atoms with Crippen LogP contribution in [0.1, 0.15) is 43.4 Å². The Kier molecular flexibility index (Phi) is 4.72. The summed E-state index contributed by atoms with van der Waals surface area (Å²) in [5.74, 6) is 2.43. The van der Waals surface area contributed by atoms with Gasteiger partial charge in [0.2, 0.25) is 5.91 Å². The third kappa shape index (κ3) is 2.86. The lowest BCUT2D eigenvalue weighted by molar-refractivity contribution is -0.127. The zero-order valence-electron chi connectivity index (χ0n) is 15.0. The van der Waals surface area contributed by atoms with Crippen LogP contribution in [0.25, 0.3) is 0 Å². The van der Waals surface area contributed by atoms with Crippen LogP contribution in [0.2, 0.25) is 0 Å². The van der Waals surface area contributed by atoms with Gasteiger partial charge in [0.25, 0.3) is 0 Å². The van der Waals surface area contributed by atoms with Crippen LogP contribution in [0.15, 0.2) is 12.1 Å².